The van der Waals surface area contributed by atoms with Crippen molar-refractivity contribution < 1.29 is 24.3 Å². The zero-order chi connectivity index (χ0) is 24.1. The molecule has 1 heterocycles. The van der Waals surface area contributed by atoms with Crippen LogP contribution in [0.2, 0.25) is 0 Å². The first-order chi connectivity index (χ1) is 15.2. The second-order valence-corrected chi connectivity index (χ2v) is 7.98. The molecule has 0 aliphatic rings. The molecule has 0 bridgehead atoms. The lowest BCUT2D eigenvalue weighted by atomic mass is 10.0. The number of nitrogens with two attached hydrogens (primary N) is 2. The summed E-state index contributed by atoms with van der Waals surface area (Å²) < 4.78 is 0. The fraction of sp³-hybridized carbons (Fsp3) is 0.650. The largest absolute Gasteiger partial charge is 0.480 e. The summed E-state index contributed by atoms with van der Waals surface area (Å²) in [5.74, 6) is -2.83. The molecule has 180 valence electrons. The number of imidazole rings is 1. The number of carbonyl (C=O) groups is 4. The van der Waals surface area contributed by atoms with Crippen molar-refractivity contribution in [2.45, 2.75) is 64.1 Å². The molecule has 12 heteroatoms. The Kier molecular flexibility index (Phi) is 12.0. The number of rotatable bonds is 15. The number of hydrogen-bond acceptors (Lipinski definition) is 7. The van der Waals surface area contributed by atoms with Crippen molar-refractivity contribution in [3.8, 4) is 0 Å². The minimum Gasteiger partial charge on any atom is -0.480 e. The molecule has 0 radical (unpaired) electrons. The van der Waals surface area contributed by atoms with Crippen molar-refractivity contribution in [3.63, 3.8) is 0 Å². The van der Waals surface area contributed by atoms with Gasteiger partial charge in [0, 0.05) is 18.3 Å². The van der Waals surface area contributed by atoms with Gasteiger partial charge in [-0.3, -0.25) is 14.4 Å². The molecule has 3 unspecified atom stereocenters. The van der Waals surface area contributed by atoms with Gasteiger partial charge in [0.15, 0.2) is 0 Å². The number of amides is 3. The Balaban J connectivity index is 2.96. The van der Waals surface area contributed by atoms with Gasteiger partial charge in [0.1, 0.15) is 18.1 Å². The van der Waals surface area contributed by atoms with Gasteiger partial charge in [0.2, 0.25) is 17.7 Å². The predicted molar refractivity (Wildman–Crippen MR) is 117 cm³/mol. The molecule has 12 nitrogen and oxygen atoms in total. The van der Waals surface area contributed by atoms with Gasteiger partial charge in [-0.15, -0.1) is 0 Å². The molecule has 0 spiro atoms. The average Bonchev–Trinajstić information content (AvgIpc) is 3.24. The van der Waals surface area contributed by atoms with Gasteiger partial charge in [-0.2, -0.15) is 0 Å². The van der Waals surface area contributed by atoms with Gasteiger partial charge in [-0.05, 0) is 38.1 Å². The molecule has 0 aliphatic carbocycles. The Bertz CT molecular complexity index is 739. The van der Waals surface area contributed by atoms with Gasteiger partial charge in [0.05, 0.1) is 12.9 Å². The van der Waals surface area contributed by atoms with Crippen molar-refractivity contribution >= 4 is 23.7 Å². The topological polar surface area (TPSA) is 205 Å². The smallest absolute Gasteiger partial charge is 0.326 e. The summed E-state index contributed by atoms with van der Waals surface area (Å²) in [6, 6.07) is -3.06. The van der Waals surface area contributed by atoms with E-state index in [1.54, 1.807) is 0 Å². The Morgan fingerprint density at radius 2 is 1.69 bits per heavy atom. The molecule has 3 atom stereocenters. The number of carboxylic acid groups (broad SMARTS) is 1. The number of carboxylic acids is 1. The van der Waals surface area contributed by atoms with E-state index in [1.165, 1.54) is 12.5 Å². The van der Waals surface area contributed by atoms with Crippen molar-refractivity contribution in [3.05, 3.63) is 18.2 Å². The monoisotopic (exact) mass is 453 g/mol. The number of carbonyl (C=O) groups excluding carboxylic acids is 3. The van der Waals surface area contributed by atoms with E-state index in [0.29, 0.717) is 25.1 Å². The summed E-state index contributed by atoms with van der Waals surface area (Å²) in [5, 5.41) is 17.1. The van der Waals surface area contributed by atoms with Crippen molar-refractivity contribution in [1.82, 2.24) is 25.9 Å². The number of nitrogens with zero attached hydrogens (tertiary/aromatic N) is 1. The van der Waals surface area contributed by atoms with E-state index in [2.05, 4.69) is 25.9 Å². The molecule has 0 fully saturated rings. The van der Waals surface area contributed by atoms with Crippen LogP contribution >= 0.6 is 0 Å². The minimum absolute atomic E-state index is 0.0481. The summed E-state index contributed by atoms with van der Waals surface area (Å²) in [6.45, 7) is 3.82. The van der Waals surface area contributed by atoms with Gasteiger partial charge < -0.3 is 37.5 Å². The third-order valence-corrected chi connectivity index (χ3v) is 4.72. The Hall–Kier alpha value is -2.99. The molecule has 1 rings (SSSR count). The van der Waals surface area contributed by atoms with Crippen LogP contribution in [-0.4, -0.2) is 70.0 Å². The van der Waals surface area contributed by atoms with Gasteiger partial charge in [-0.1, -0.05) is 13.8 Å². The fourth-order valence-corrected chi connectivity index (χ4v) is 3.08. The maximum atomic E-state index is 12.9. The van der Waals surface area contributed by atoms with Crippen LogP contribution in [0.4, 0.5) is 0 Å². The molecule has 1 aromatic rings. The van der Waals surface area contributed by atoms with Crippen molar-refractivity contribution in [1.29, 1.82) is 0 Å². The van der Waals surface area contributed by atoms with Crippen LogP contribution in [0, 0.1) is 5.92 Å². The minimum atomic E-state index is -1.15. The molecule has 0 aliphatic heterocycles. The SMILES string of the molecule is CC(C)CC(NC(=O)C(CCCCN)NC(=O)C(Cc1cnc[nH]1)NC(=O)CN)C(=O)O. The van der Waals surface area contributed by atoms with Crippen LogP contribution < -0.4 is 27.4 Å². The molecule has 0 saturated heterocycles. The van der Waals surface area contributed by atoms with Crippen molar-refractivity contribution in [2.75, 3.05) is 13.1 Å². The fourth-order valence-electron chi connectivity index (χ4n) is 3.08. The molecular formula is C20H35N7O5. The number of aromatic amines is 1. The van der Waals surface area contributed by atoms with Gasteiger partial charge in [-0.25, -0.2) is 9.78 Å². The van der Waals surface area contributed by atoms with E-state index in [4.69, 9.17) is 11.5 Å². The molecule has 0 aromatic carbocycles. The average molecular weight is 454 g/mol. The predicted octanol–water partition coefficient (Wildman–Crippen LogP) is -1.37. The first kappa shape index (κ1) is 27.0. The number of nitrogens with one attached hydrogen (secondary N) is 4. The lowest BCUT2D eigenvalue weighted by molar-refractivity contribution is -0.142. The molecular weight excluding hydrogens is 418 g/mol. The van der Waals surface area contributed by atoms with E-state index in [-0.39, 0.29) is 31.7 Å². The zero-order valence-corrected chi connectivity index (χ0v) is 18.6. The first-order valence-corrected chi connectivity index (χ1v) is 10.7. The van der Waals surface area contributed by atoms with E-state index >= 15 is 0 Å². The number of unbranched alkanes of at least 4 members (excludes halogenated alkanes) is 1. The molecule has 9 N–H and O–H groups in total. The lowest BCUT2D eigenvalue weighted by Crippen LogP contribution is -2.56. The molecule has 3 amide bonds. The van der Waals surface area contributed by atoms with E-state index < -0.39 is 41.8 Å². The number of H-pyrrole nitrogens is 1. The second kappa shape index (κ2) is 14.1. The zero-order valence-electron chi connectivity index (χ0n) is 18.6. The maximum Gasteiger partial charge on any atom is 0.326 e. The van der Waals surface area contributed by atoms with E-state index in [9.17, 15) is 24.3 Å². The molecule has 32 heavy (non-hydrogen) atoms. The third-order valence-electron chi connectivity index (χ3n) is 4.72. The summed E-state index contributed by atoms with van der Waals surface area (Å²) in [6.07, 6.45) is 4.78. The lowest BCUT2D eigenvalue weighted by Gasteiger charge is -2.25. The summed E-state index contributed by atoms with van der Waals surface area (Å²) in [7, 11) is 0. The normalized spacial score (nSPS) is 13.8. The van der Waals surface area contributed by atoms with Crippen LogP contribution in [0.5, 0.6) is 0 Å². The summed E-state index contributed by atoms with van der Waals surface area (Å²) in [4.78, 5) is 55.9. The maximum absolute atomic E-state index is 12.9. The summed E-state index contributed by atoms with van der Waals surface area (Å²) in [5.41, 5.74) is 11.5. The first-order valence-electron chi connectivity index (χ1n) is 10.7. The number of hydrogen-bond donors (Lipinski definition) is 7. The van der Waals surface area contributed by atoms with Crippen LogP contribution in [0.25, 0.3) is 0 Å². The summed E-state index contributed by atoms with van der Waals surface area (Å²) >= 11 is 0. The second-order valence-electron chi connectivity index (χ2n) is 7.98. The van der Waals surface area contributed by atoms with Crippen molar-refractivity contribution in [2.24, 2.45) is 17.4 Å². The Morgan fingerprint density at radius 3 is 2.22 bits per heavy atom. The quantitative estimate of drug-likeness (QED) is 0.157. The molecule has 0 saturated carbocycles. The van der Waals surface area contributed by atoms with Crippen LogP contribution in [0.1, 0.15) is 45.2 Å². The van der Waals surface area contributed by atoms with Gasteiger partial charge >= 0.3 is 5.97 Å². The molecule has 1 aromatic heterocycles. The Labute approximate surface area is 187 Å². The third kappa shape index (κ3) is 9.88. The number of aromatic nitrogens is 2. The number of aliphatic carboxylic acids is 1. The van der Waals surface area contributed by atoms with Crippen LogP contribution in [0.3, 0.4) is 0 Å². The highest BCUT2D eigenvalue weighted by molar-refractivity contribution is 5.93. The standard InChI is InChI=1S/C20H35N7O5/c1-12(2)7-16(20(31)32)27-18(29)14(5-3-4-6-21)26-19(30)15(25-17(28)9-22)8-13-10-23-11-24-13/h10-12,14-16H,3-9,21-22H2,1-2H3,(H,23,24)(H,25,28)(H,26,30)(H,27,29)(H,31,32). The van der Waals surface area contributed by atoms with Crippen LogP contribution in [-0.2, 0) is 25.6 Å². The Morgan fingerprint density at radius 1 is 1.03 bits per heavy atom. The highest BCUT2D eigenvalue weighted by Crippen LogP contribution is 2.08. The van der Waals surface area contributed by atoms with Gasteiger partial charge in [0.25, 0.3) is 0 Å². The van der Waals surface area contributed by atoms with E-state index in [0.717, 1.165) is 0 Å². The van der Waals surface area contributed by atoms with E-state index in [1.807, 2.05) is 13.8 Å². The highest BCUT2D eigenvalue weighted by Gasteiger charge is 2.29. The highest BCUT2D eigenvalue weighted by atomic mass is 16.4. The van der Waals surface area contributed by atoms with Crippen LogP contribution in [0.15, 0.2) is 12.5 Å².